The molecule has 0 unspecified atom stereocenters. The number of hydrogen-bond acceptors (Lipinski definition) is 5. The van der Waals surface area contributed by atoms with Gasteiger partial charge in [0.1, 0.15) is 11.5 Å². The van der Waals surface area contributed by atoms with Gasteiger partial charge in [0.25, 0.3) is 5.70 Å². The fourth-order valence-corrected chi connectivity index (χ4v) is 6.37. The van der Waals surface area contributed by atoms with E-state index in [1.54, 1.807) is 11.3 Å². The Kier molecular flexibility index (Phi) is 6.65. The van der Waals surface area contributed by atoms with Crippen LogP contribution in [0.1, 0.15) is 42.5 Å². The minimum atomic E-state index is 0.102. The highest BCUT2D eigenvalue weighted by Gasteiger charge is 2.31. The van der Waals surface area contributed by atoms with Crippen LogP contribution in [0.15, 0.2) is 94.9 Å². The zero-order valence-corrected chi connectivity index (χ0v) is 21.8. The maximum atomic E-state index is 9.71. The van der Waals surface area contributed by atoms with Gasteiger partial charge in [-0.25, -0.2) is 15.1 Å². The summed E-state index contributed by atoms with van der Waals surface area (Å²) in [6.07, 6.45) is 9.26. The number of piperidine rings is 1. The van der Waals surface area contributed by atoms with E-state index >= 15 is 0 Å². The van der Waals surface area contributed by atoms with E-state index < -0.39 is 0 Å². The lowest BCUT2D eigenvalue weighted by molar-refractivity contribution is 0.388. The van der Waals surface area contributed by atoms with Crippen molar-refractivity contribution in [3.8, 4) is 17.3 Å². The van der Waals surface area contributed by atoms with E-state index in [4.69, 9.17) is 16.3 Å². The van der Waals surface area contributed by atoms with E-state index in [-0.39, 0.29) is 5.70 Å². The molecule has 3 heterocycles. The van der Waals surface area contributed by atoms with Crippen molar-refractivity contribution >= 4 is 28.3 Å². The zero-order valence-electron chi connectivity index (χ0n) is 21.0. The van der Waals surface area contributed by atoms with Gasteiger partial charge in [0.15, 0.2) is 5.13 Å². The van der Waals surface area contributed by atoms with E-state index in [2.05, 4.69) is 34.0 Å². The van der Waals surface area contributed by atoms with Gasteiger partial charge in [0.2, 0.25) is 0 Å². The molecular weight excluding hydrogens is 488 g/mol. The number of allylic oxidation sites excluding steroid dienone is 5. The second kappa shape index (κ2) is 10.5. The highest BCUT2D eigenvalue weighted by molar-refractivity contribution is 7.17. The fourth-order valence-electron chi connectivity index (χ4n) is 5.26. The molecule has 6 heteroatoms. The number of hydrogen-bond donors (Lipinski definition) is 0. The summed E-state index contributed by atoms with van der Waals surface area (Å²) < 4.78 is 6.52. The average molecular weight is 515 g/mol. The van der Waals surface area contributed by atoms with E-state index in [1.165, 1.54) is 19.3 Å². The van der Waals surface area contributed by atoms with Crippen LogP contribution >= 0.6 is 11.3 Å². The van der Waals surface area contributed by atoms with Crippen molar-refractivity contribution in [1.29, 1.82) is 5.26 Å². The van der Waals surface area contributed by atoms with Crippen LogP contribution in [0.5, 0.6) is 0 Å². The summed E-state index contributed by atoms with van der Waals surface area (Å²) in [6, 6.07) is 22.3. The Hall–Kier alpha value is -4.39. The molecule has 1 saturated heterocycles. The maximum absolute atomic E-state index is 9.71. The molecule has 2 aromatic carbocycles. The van der Waals surface area contributed by atoms with Crippen molar-refractivity contribution < 1.29 is 4.74 Å². The lowest BCUT2D eigenvalue weighted by Crippen LogP contribution is -2.29. The SMILES string of the molecule is [C-]#[N+]C(C#N)=C1C=C(c2ccccc2)OC2=C1CCC2=Cc1sc(N2CCCCC2)nc1-c1ccccc1. The molecule has 1 aliphatic carbocycles. The summed E-state index contributed by atoms with van der Waals surface area (Å²) in [6.45, 7) is 9.69. The van der Waals surface area contributed by atoms with Gasteiger partial charge in [-0.15, -0.1) is 0 Å². The van der Waals surface area contributed by atoms with Gasteiger partial charge in [-0.1, -0.05) is 72.0 Å². The number of ether oxygens (including phenoxy) is 1. The second-order valence-corrected chi connectivity index (χ2v) is 10.6. The third kappa shape index (κ3) is 4.56. The molecule has 0 amide bonds. The van der Waals surface area contributed by atoms with Crippen molar-refractivity contribution in [2.45, 2.75) is 32.1 Å². The van der Waals surface area contributed by atoms with Gasteiger partial charge < -0.3 is 9.64 Å². The molecule has 0 N–H and O–H groups in total. The molecule has 0 bridgehead atoms. The Bertz CT molecular complexity index is 1560. The van der Waals surface area contributed by atoms with E-state index in [0.717, 1.165) is 69.7 Å². The van der Waals surface area contributed by atoms with Gasteiger partial charge in [-0.05, 0) is 55.4 Å². The minimum Gasteiger partial charge on any atom is -0.456 e. The third-order valence-electron chi connectivity index (χ3n) is 7.17. The summed E-state index contributed by atoms with van der Waals surface area (Å²) in [5.41, 5.74) is 5.79. The van der Waals surface area contributed by atoms with E-state index in [9.17, 15) is 5.26 Å². The largest absolute Gasteiger partial charge is 0.456 e. The Balaban J connectivity index is 1.45. The molecule has 0 spiro atoms. The van der Waals surface area contributed by atoms with Crippen LogP contribution in [-0.4, -0.2) is 18.1 Å². The quantitative estimate of drug-likeness (QED) is 0.261. The third-order valence-corrected chi connectivity index (χ3v) is 8.24. The molecular formula is C32H26N4OS. The number of anilines is 1. The summed E-state index contributed by atoms with van der Waals surface area (Å²) in [5, 5.41) is 10.8. The van der Waals surface area contributed by atoms with Crippen molar-refractivity contribution in [2.24, 2.45) is 0 Å². The molecule has 2 aliphatic heterocycles. The van der Waals surface area contributed by atoms with Crippen molar-refractivity contribution in [1.82, 2.24) is 4.98 Å². The monoisotopic (exact) mass is 514 g/mol. The van der Waals surface area contributed by atoms with Crippen LogP contribution in [0.25, 0.3) is 27.9 Å². The molecule has 1 aromatic heterocycles. The first-order valence-electron chi connectivity index (χ1n) is 13.0. The number of thiazole rings is 1. The molecule has 0 saturated carbocycles. The van der Waals surface area contributed by atoms with Gasteiger partial charge in [0.05, 0.1) is 23.2 Å². The molecule has 0 atom stereocenters. The first-order chi connectivity index (χ1) is 18.7. The standard InChI is InChI=1S/C32H26N4OS/c1-34-27(21-33)26-20-28(22-11-5-2-6-12-22)37-31-24(15-16-25(26)31)19-29-30(23-13-7-3-8-14-23)35-32(38-29)36-17-9-4-10-18-36/h2-3,5-8,11-14,19-20H,4,9-10,15-18H2. The Morgan fingerprint density at radius 3 is 2.39 bits per heavy atom. The molecule has 0 radical (unpaired) electrons. The molecule has 5 nitrogen and oxygen atoms in total. The highest BCUT2D eigenvalue weighted by atomic mass is 32.1. The van der Waals surface area contributed by atoms with Gasteiger partial charge >= 0.3 is 0 Å². The van der Waals surface area contributed by atoms with Crippen LogP contribution in [0, 0.1) is 17.9 Å². The van der Waals surface area contributed by atoms with Crippen LogP contribution in [0.3, 0.4) is 0 Å². The zero-order chi connectivity index (χ0) is 25.9. The molecule has 1 fully saturated rings. The summed E-state index contributed by atoms with van der Waals surface area (Å²) in [7, 11) is 0. The maximum Gasteiger partial charge on any atom is 0.269 e. The van der Waals surface area contributed by atoms with Gasteiger partial charge in [-0.2, -0.15) is 0 Å². The van der Waals surface area contributed by atoms with Crippen molar-refractivity contribution in [2.75, 3.05) is 18.0 Å². The average Bonchev–Trinajstić information content (AvgIpc) is 3.60. The van der Waals surface area contributed by atoms with E-state index in [1.807, 2.05) is 54.6 Å². The van der Waals surface area contributed by atoms with Gasteiger partial charge in [-0.3, -0.25) is 0 Å². The highest BCUT2D eigenvalue weighted by Crippen LogP contribution is 2.46. The van der Waals surface area contributed by atoms with Crippen molar-refractivity contribution in [3.63, 3.8) is 0 Å². The Morgan fingerprint density at radius 1 is 1.00 bits per heavy atom. The van der Waals surface area contributed by atoms with Crippen LogP contribution in [-0.2, 0) is 4.74 Å². The van der Waals surface area contributed by atoms with Crippen LogP contribution in [0.4, 0.5) is 5.13 Å². The Labute approximate surface area is 227 Å². The smallest absolute Gasteiger partial charge is 0.269 e. The predicted octanol–water partition coefficient (Wildman–Crippen LogP) is 8.00. The van der Waals surface area contributed by atoms with E-state index in [0.29, 0.717) is 11.3 Å². The molecule has 186 valence electrons. The molecule has 38 heavy (non-hydrogen) atoms. The predicted molar refractivity (Wildman–Crippen MR) is 153 cm³/mol. The summed E-state index contributed by atoms with van der Waals surface area (Å²) in [4.78, 5) is 12.2. The Morgan fingerprint density at radius 2 is 1.71 bits per heavy atom. The molecule has 6 rings (SSSR count). The number of nitriles is 1. The first-order valence-corrected chi connectivity index (χ1v) is 13.8. The topological polar surface area (TPSA) is 53.5 Å². The van der Waals surface area contributed by atoms with Crippen LogP contribution in [0.2, 0.25) is 0 Å². The lowest BCUT2D eigenvalue weighted by Gasteiger charge is -2.25. The van der Waals surface area contributed by atoms with Crippen molar-refractivity contribution in [3.05, 3.63) is 117 Å². The summed E-state index contributed by atoms with van der Waals surface area (Å²) in [5.74, 6) is 1.43. The second-order valence-electron chi connectivity index (χ2n) is 9.56. The fraction of sp³-hybridized carbons (Fsp3) is 0.219. The number of rotatable bonds is 4. The number of benzene rings is 2. The van der Waals surface area contributed by atoms with Crippen LogP contribution < -0.4 is 4.90 Å². The first kappa shape index (κ1) is 24.0. The lowest BCUT2D eigenvalue weighted by atomic mass is 9.98. The number of aromatic nitrogens is 1. The number of nitrogens with zero attached hydrogens (tertiary/aromatic N) is 4. The van der Waals surface area contributed by atoms with Gasteiger partial charge in [0, 0.05) is 29.8 Å². The molecule has 3 aromatic rings. The minimum absolute atomic E-state index is 0.102. The summed E-state index contributed by atoms with van der Waals surface area (Å²) >= 11 is 1.73. The normalized spacial score (nSPS) is 19.4. The molecule has 3 aliphatic rings.